The first-order valence-electron chi connectivity index (χ1n) is 8.38. The van der Waals surface area contributed by atoms with Crippen LogP contribution in [0.1, 0.15) is 34.9 Å². The molecule has 0 unspecified atom stereocenters. The van der Waals surface area contributed by atoms with Gasteiger partial charge in [-0.25, -0.2) is 4.79 Å². The highest BCUT2D eigenvalue weighted by Gasteiger charge is 2.31. The lowest BCUT2D eigenvalue weighted by atomic mass is 10.1. The van der Waals surface area contributed by atoms with E-state index in [1.165, 1.54) is 0 Å². The third-order valence-electron chi connectivity index (χ3n) is 4.29. The van der Waals surface area contributed by atoms with Crippen LogP contribution in [0.5, 0.6) is 5.75 Å². The van der Waals surface area contributed by atoms with Gasteiger partial charge in [-0.3, -0.25) is 4.79 Å². The summed E-state index contributed by atoms with van der Waals surface area (Å²) in [5, 5.41) is 0. The minimum Gasteiger partial charge on any atom is -0.497 e. The van der Waals surface area contributed by atoms with Crippen LogP contribution < -0.4 is 4.74 Å². The van der Waals surface area contributed by atoms with Gasteiger partial charge in [-0.1, -0.05) is 30.3 Å². The van der Waals surface area contributed by atoms with E-state index in [4.69, 9.17) is 9.47 Å². The Bertz CT molecular complexity index is 721. The average Bonchev–Trinajstić information content (AvgIpc) is 3.21. The smallest absolute Gasteiger partial charge is 0.339 e. The molecule has 0 spiro atoms. The third-order valence-corrected chi connectivity index (χ3v) is 4.29. The average molecular weight is 339 g/mol. The molecular weight excluding hydrogens is 318 g/mol. The van der Waals surface area contributed by atoms with E-state index in [1.54, 1.807) is 48.4 Å². The first kappa shape index (κ1) is 17.0. The van der Waals surface area contributed by atoms with Gasteiger partial charge in [-0.05, 0) is 37.1 Å². The molecule has 0 bridgehead atoms. The molecule has 1 aliphatic heterocycles. The lowest BCUT2D eigenvalue weighted by molar-refractivity contribution is -0.140. The molecule has 2 aromatic rings. The van der Waals surface area contributed by atoms with Crippen LogP contribution in [0, 0.1) is 0 Å². The zero-order valence-corrected chi connectivity index (χ0v) is 14.2. The molecule has 1 atom stereocenters. The maximum absolute atomic E-state index is 12.8. The summed E-state index contributed by atoms with van der Waals surface area (Å²) in [6.45, 7) is 1.42. The SMILES string of the molecule is COc1ccc(C(=O)O[C@H](C(=O)N2CCCC2)c2ccccc2)cc1. The molecule has 1 heterocycles. The summed E-state index contributed by atoms with van der Waals surface area (Å²) in [7, 11) is 1.56. The van der Waals surface area contributed by atoms with E-state index in [0.717, 1.165) is 12.8 Å². The molecule has 1 fully saturated rings. The predicted octanol–water partition coefficient (Wildman–Crippen LogP) is 3.22. The van der Waals surface area contributed by atoms with Crippen molar-refractivity contribution in [3.63, 3.8) is 0 Å². The van der Waals surface area contributed by atoms with Gasteiger partial charge < -0.3 is 14.4 Å². The minimum absolute atomic E-state index is 0.162. The van der Waals surface area contributed by atoms with E-state index in [9.17, 15) is 9.59 Å². The Labute approximate surface area is 147 Å². The normalized spacial score (nSPS) is 14.8. The Morgan fingerprint density at radius 2 is 1.60 bits per heavy atom. The zero-order chi connectivity index (χ0) is 17.6. The van der Waals surface area contributed by atoms with Crippen LogP contribution in [-0.2, 0) is 9.53 Å². The van der Waals surface area contributed by atoms with E-state index >= 15 is 0 Å². The quantitative estimate of drug-likeness (QED) is 0.785. The molecule has 0 radical (unpaired) electrons. The number of nitrogens with zero attached hydrogens (tertiary/aromatic N) is 1. The first-order chi connectivity index (χ1) is 12.2. The van der Waals surface area contributed by atoms with Crippen LogP contribution in [-0.4, -0.2) is 37.0 Å². The number of ether oxygens (including phenoxy) is 2. The monoisotopic (exact) mass is 339 g/mol. The number of hydrogen-bond acceptors (Lipinski definition) is 4. The van der Waals surface area contributed by atoms with Crippen LogP contribution in [0.2, 0.25) is 0 Å². The van der Waals surface area contributed by atoms with E-state index in [1.807, 2.05) is 18.2 Å². The summed E-state index contributed by atoms with van der Waals surface area (Å²) in [4.78, 5) is 27.1. The van der Waals surface area contributed by atoms with Gasteiger partial charge in [-0.2, -0.15) is 0 Å². The Hall–Kier alpha value is -2.82. The number of carbonyl (C=O) groups is 2. The standard InChI is InChI=1S/C20H21NO4/c1-24-17-11-9-16(10-12-17)20(23)25-18(15-7-3-2-4-8-15)19(22)21-13-5-6-14-21/h2-4,7-12,18H,5-6,13-14H2,1H3/t18-/m0/s1. The van der Waals surface area contributed by atoms with Crippen molar-refractivity contribution in [2.45, 2.75) is 18.9 Å². The van der Waals surface area contributed by atoms with Gasteiger partial charge in [0.1, 0.15) is 5.75 Å². The van der Waals surface area contributed by atoms with Crippen molar-refractivity contribution in [3.05, 3.63) is 65.7 Å². The van der Waals surface area contributed by atoms with E-state index in [0.29, 0.717) is 30.0 Å². The highest BCUT2D eigenvalue weighted by molar-refractivity contribution is 5.92. The lowest BCUT2D eigenvalue weighted by Gasteiger charge is -2.23. The summed E-state index contributed by atoms with van der Waals surface area (Å²) < 4.78 is 10.7. The van der Waals surface area contributed by atoms with Crippen molar-refractivity contribution in [1.82, 2.24) is 4.90 Å². The van der Waals surface area contributed by atoms with Gasteiger partial charge in [0.05, 0.1) is 12.7 Å². The molecule has 1 aliphatic rings. The molecule has 5 heteroatoms. The zero-order valence-electron chi connectivity index (χ0n) is 14.2. The number of amides is 1. The summed E-state index contributed by atoms with van der Waals surface area (Å²) in [6.07, 6.45) is 1.05. The summed E-state index contributed by atoms with van der Waals surface area (Å²) in [6, 6.07) is 15.8. The van der Waals surface area contributed by atoms with Gasteiger partial charge in [0.15, 0.2) is 0 Å². The van der Waals surface area contributed by atoms with Gasteiger partial charge >= 0.3 is 5.97 Å². The number of carbonyl (C=O) groups excluding carboxylic acids is 2. The van der Waals surface area contributed by atoms with Gasteiger partial charge in [-0.15, -0.1) is 0 Å². The Morgan fingerprint density at radius 1 is 0.960 bits per heavy atom. The fourth-order valence-corrected chi connectivity index (χ4v) is 2.89. The van der Waals surface area contributed by atoms with Crippen molar-refractivity contribution in [3.8, 4) is 5.75 Å². The fourth-order valence-electron chi connectivity index (χ4n) is 2.89. The largest absolute Gasteiger partial charge is 0.497 e. The van der Waals surface area contributed by atoms with Crippen molar-refractivity contribution in [2.24, 2.45) is 0 Å². The van der Waals surface area contributed by atoms with Crippen LogP contribution in [0.15, 0.2) is 54.6 Å². The van der Waals surface area contributed by atoms with Crippen molar-refractivity contribution < 1.29 is 19.1 Å². The van der Waals surface area contributed by atoms with Gasteiger partial charge in [0.2, 0.25) is 6.10 Å². The lowest BCUT2D eigenvalue weighted by Crippen LogP contribution is -2.34. The summed E-state index contributed by atoms with van der Waals surface area (Å²) in [5.74, 6) is -0.0288. The molecule has 5 nitrogen and oxygen atoms in total. The first-order valence-corrected chi connectivity index (χ1v) is 8.38. The Balaban J connectivity index is 1.81. The Morgan fingerprint density at radius 3 is 2.20 bits per heavy atom. The molecule has 130 valence electrons. The van der Waals surface area contributed by atoms with Crippen LogP contribution >= 0.6 is 0 Å². The molecule has 0 aliphatic carbocycles. The molecule has 25 heavy (non-hydrogen) atoms. The number of likely N-dealkylation sites (tertiary alicyclic amines) is 1. The molecule has 3 rings (SSSR count). The van der Waals surface area contributed by atoms with E-state index in [2.05, 4.69) is 0 Å². The number of methoxy groups -OCH3 is 1. The van der Waals surface area contributed by atoms with E-state index in [-0.39, 0.29) is 5.91 Å². The topological polar surface area (TPSA) is 55.8 Å². The summed E-state index contributed by atoms with van der Waals surface area (Å²) in [5.41, 5.74) is 1.07. The second-order valence-electron chi connectivity index (χ2n) is 5.96. The van der Waals surface area contributed by atoms with E-state index < -0.39 is 12.1 Å². The highest BCUT2D eigenvalue weighted by Crippen LogP contribution is 2.24. The minimum atomic E-state index is -0.922. The maximum Gasteiger partial charge on any atom is 0.339 e. The molecule has 1 amide bonds. The maximum atomic E-state index is 12.8. The molecule has 0 saturated carbocycles. The van der Waals surface area contributed by atoms with Crippen molar-refractivity contribution >= 4 is 11.9 Å². The highest BCUT2D eigenvalue weighted by atomic mass is 16.5. The van der Waals surface area contributed by atoms with Crippen LogP contribution in [0.3, 0.4) is 0 Å². The van der Waals surface area contributed by atoms with Crippen molar-refractivity contribution in [1.29, 1.82) is 0 Å². The molecule has 0 aromatic heterocycles. The molecule has 2 aromatic carbocycles. The van der Waals surface area contributed by atoms with Gasteiger partial charge in [0, 0.05) is 18.7 Å². The number of benzene rings is 2. The van der Waals surface area contributed by atoms with Crippen LogP contribution in [0.4, 0.5) is 0 Å². The van der Waals surface area contributed by atoms with Crippen molar-refractivity contribution in [2.75, 3.05) is 20.2 Å². The second-order valence-corrected chi connectivity index (χ2v) is 5.96. The molecule has 1 saturated heterocycles. The Kier molecular flexibility index (Phi) is 5.33. The summed E-state index contributed by atoms with van der Waals surface area (Å²) >= 11 is 0. The molecule has 0 N–H and O–H groups in total. The number of rotatable bonds is 5. The fraction of sp³-hybridized carbons (Fsp3) is 0.300. The van der Waals surface area contributed by atoms with Crippen LogP contribution in [0.25, 0.3) is 0 Å². The predicted molar refractivity (Wildman–Crippen MR) is 93.4 cm³/mol. The van der Waals surface area contributed by atoms with Gasteiger partial charge in [0.25, 0.3) is 5.91 Å². The number of esters is 1. The number of hydrogen-bond donors (Lipinski definition) is 0. The third kappa shape index (κ3) is 3.99. The second kappa shape index (κ2) is 7.83. The molecular formula is C20H21NO4.